The van der Waals surface area contributed by atoms with Crippen LogP contribution in [0.5, 0.6) is 11.5 Å². The summed E-state index contributed by atoms with van der Waals surface area (Å²) in [5.41, 5.74) is 11.1. The van der Waals surface area contributed by atoms with Gasteiger partial charge in [-0.15, -0.1) is 0 Å². The van der Waals surface area contributed by atoms with Crippen LogP contribution in [0, 0.1) is 17.6 Å². The van der Waals surface area contributed by atoms with Gasteiger partial charge >= 0.3 is 0 Å². The summed E-state index contributed by atoms with van der Waals surface area (Å²) in [6, 6.07) is 13.2. The van der Waals surface area contributed by atoms with Gasteiger partial charge in [0.1, 0.15) is 17.7 Å². The molecule has 5 rings (SSSR count). The largest absolute Gasteiger partial charge is 0.494 e. The summed E-state index contributed by atoms with van der Waals surface area (Å²) in [6.07, 6.45) is 7.01. The number of rotatable bonds is 5. The van der Waals surface area contributed by atoms with E-state index in [2.05, 4.69) is 17.4 Å². The normalized spacial score (nSPS) is 16.9. The number of halogens is 3. The summed E-state index contributed by atoms with van der Waals surface area (Å²) in [5.74, 6) is -1.65. The van der Waals surface area contributed by atoms with Gasteiger partial charge in [0, 0.05) is 28.7 Å². The quantitative estimate of drug-likeness (QED) is 0.285. The average Bonchev–Trinajstić information content (AvgIpc) is 3.35. The molecule has 43 heavy (non-hydrogen) atoms. The predicted octanol–water partition coefficient (Wildman–Crippen LogP) is 7.58. The smallest absolute Gasteiger partial charge is 0.292 e. The lowest BCUT2D eigenvalue weighted by molar-refractivity contribution is -0.126. The molecule has 1 amide bonds. The molecular weight excluding hydrogens is 578 g/mol. The average molecular weight is 619 g/mol. The van der Waals surface area contributed by atoms with Crippen LogP contribution in [-0.2, 0) is 9.53 Å². The summed E-state index contributed by atoms with van der Waals surface area (Å²) < 4.78 is 45.0. The van der Waals surface area contributed by atoms with Gasteiger partial charge in [0.05, 0.1) is 24.8 Å². The number of carbonyl (C=O) groups excluding carboxylic acids is 2. The zero-order valence-electron chi connectivity index (χ0n) is 25.3. The van der Waals surface area contributed by atoms with E-state index in [0.29, 0.717) is 12.0 Å². The number of hydrogen-bond acceptors (Lipinski definition) is 6. The van der Waals surface area contributed by atoms with Crippen LogP contribution in [0.4, 0.5) is 8.78 Å². The summed E-state index contributed by atoms with van der Waals surface area (Å²) in [4.78, 5) is 21.0. The monoisotopic (exact) mass is 618 g/mol. The molecule has 0 saturated heterocycles. The third-order valence-corrected chi connectivity index (χ3v) is 7.71. The molecule has 0 bridgehead atoms. The maximum absolute atomic E-state index is 15.4. The second kappa shape index (κ2) is 17.4. The molecule has 1 unspecified atom stereocenters. The Morgan fingerprint density at radius 2 is 1.60 bits per heavy atom. The van der Waals surface area contributed by atoms with Crippen LogP contribution in [0.2, 0.25) is 5.02 Å². The third-order valence-electron chi connectivity index (χ3n) is 7.35. The van der Waals surface area contributed by atoms with Crippen LogP contribution >= 0.6 is 11.6 Å². The highest BCUT2D eigenvalue weighted by Crippen LogP contribution is 2.53. The fraction of sp³-hybridized carbons (Fsp3) is 0.394. The minimum Gasteiger partial charge on any atom is -0.494 e. The molecular formula is C33H41ClF2N2O5. The van der Waals surface area contributed by atoms with Gasteiger partial charge in [-0.1, -0.05) is 87.9 Å². The van der Waals surface area contributed by atoms with Crippen LogP contribution in [0.25, 0.3) is 11.1 Å². The minimum atomic E-state index is -0.869. The van der Waals surface area contributed by atoms with Crippen molar-refractivity contribution in [3.63, 3.8) is 0 Å². The van der Waals surface area contributed by atoms with Crippen molar-refractivity contribution in [2.24, 2.45) is 17.4 Å². The number of ether oxygens (including phenoxy) is 3. The van der Waals surface area contributed by atoms with Crippen LogP contribution < -0.4 is 20.9 Å². The van der Waals surface area contributed by atoms with Crippen LogP contribution in [0.15, 0.2) is 48.5 Å². The molecule has 10 heteroatoms. The van der Waals surface area contributed by atoms with E-state index in [1.54, 1.807) is 0 Å². The molecule has 3 aromatic rings. The number of nitrogens with two attached hydrogens (primary N) is 2. The molecule has 1 heterocycles. The highest BCUT2D eigenvalue weighted by atomic mass is 35.5. The van der Waals surface area contributed by atoms with Crippen LogP contribution in [0.1, 0.15) is 79.5 Å². The maximum atomic E-state index is 15.4. The van der Waals surface area contributed by atoms with E-state index in [-0.39, 0.29) is 39.1 Å². The standard InChI is InChI=1S/C23H18ClF2NO3.C7H14.C2H4O2.CH5N/c1-11-17-16(30-22(11)12-6-4-3-5-7-12)10-14(25)20(24)19(17)18-13(23(27)28)8-9-15(29-2)21(18)26;1-7-5-3-2-4-6-7;1-4-2-3;1-2/h3-11,22H,1-2H3,(H2,27,28);7H,2-6H2,1H3;2H,1H3;2H2,1H3/t11-,22?;;;/m0.../s1. The lowest BCUT2D eigenvalue weighted by Gasteiger charge is -2.19. The van der Waals surface area contributed by atoms with Crippen LogP contribution in [-0.4, -0.2) is 33.6 Å². The molecule has 2 atom stereocenters. The van der Waals surface area contributed by atoms with E-state index in [1.807, 2.05) is 37.3 Å². The predicted molar refractivity (Wildman–Crippen MR) is 166 cm³/mol. The Balaban J connectivity index is 0.000000416. The number of fused-ring (bicyclic) bond motifs is 1. The van der Waals surface area contributed by atoms with Crippen molar-refractivity contribution >= 4 is 24.0 Å². The summed E-state index contributed by atoms with van der Waals surface area (Å²) >= 11 is 6.32. The Bertz CT molecular complexity index is 1350. The molecule has 1 saturated carbocycles. The lowest BCUT2D eigenvalue weighted by Crippen LogP contribution is -2.14. The molecule has 1 fully saturated rings. The Labute approximate surface area is 257 Å². The van der Waals surface area contributed by atoms with Crippen molar-refractivity contribution in [2.45, 2.75) is 58.0 Å². The van der Waals surface area contributed by atoms with Gasteiger partial charge in [0.15, 0.2) is 11.6 Å². The SMILES string of the molecule is CC1CCCCC1.CN.COC=O.COc1ccc(C(N)=O)c(-c2c(Cl)c(F)cc3c2[C@H](C)C(c2ccccc2)O3)c1F. The van der Waals surface area contributed by atoms with E-state index in [9.17, 15) is 9.18 Å². The zero-order valence-corrected chi connectivity index (χ0v) is 26.0. The highest BCUT2D eigenvalue weighted by Gasteiger charge is 2.38. The fourth-order valence-electron chi connectivity index (χ4n) is 5.27. The number of benzene rings is 3. The Kier molecular flexibility index (Phi) is 14.4. The molecule has 234 valence electrons. The molecule has 3 aromatic carbocycles. The van der Waals surface area contributed by atoms with Gasteiger partial charge < -0.3 is 25.7 Å². The number of methoxy groups -OCH3 is 2. The van der Waals surface area contributed by atoms with Gasteiger partial charge in [0.2, 0.25) is 5.91 Å². The first-order chi connectivity index (χ1) is 20.7. The second-order valence-corrected chi connectivity index (χ2v) is 10.5. The molecule has 1 aliphatic heterocycles. The van der Waals surface area contributed by atoms with Crippen molar-refractivity contribution in [1.82, 2.24) is 0 Å². The number of primary amides is 1. The van der Waals surface area contributed by atoms with Crippen LogP contribution in [0.3, 0.4) is 0 Å². The minimum absolute atomic E-state index is 0.0443. The van der Waals surface area contributed by atoms with Crippen molar-refractivity contribution in [2.75, 3.05) is 21.3 Å². The fourth-order valence-corrected chi connectivity index (χ4v) is 5.52. The molecule has 7 nitrogen and oxygen atoms in total. The molecule has 0 spiro atoms. The zero-order chi connectivity index (χ0) is 32.1. The van der Waals surface area contributed by atoms with Crippen molar-refractivity contribution < 1.29 is 32.6 Å². The van der Waals surface area contributed by atoms with Gasteiger partial charge in [-0.2, -0.15) is 0 Å². The van der Waals surface area contributed by atoms with E-state index in [4.69, 9.17) is 31.6 Å². The number of carbonyl (C=O) groups is 2. The first-order valence-corrected chi connectivity index (χ1v) is 14.5. The lowest BCUT2D eigenvalue weighted by atomic mass is 9.85. The molecule has 0 radical (unpaired) electrons. The van der Waals surface area contributed by atoms with E-state index < -0.39 is 23.6 Å². The van der Waals surface area contributed by atoms with Gasteiger partial charge in [-0.3, -0.25) is 9.59 Å². The maximum Gasteiger partial charge on any atom is 0.292 e. The summed E-state index contributed by atoms with van der Waals surface area (Å²) in [6.45, 7) is 4.61. The molecule has 4 N–H and O–H groups in total. The number of amides is 1. The van der Waals surface area contributed by atoms with Crippen molar-refractivity contribution in [1.29, 1.82) is 0 Å². The first kappa shape index (κ1) is 35.5. The van der Waals surface area contributed by atoms with E-state index in [1.165, 1.54) is 71.6 Å². The summed E-state index contributed by atoms with van der Waals surface area (Å²) in [5, 5.41) is -0.312. The Morgan fingerprint density at radius 3 is 2.09 bits per heavy atom. The number of hydrogen-bond donors (Lipinski definition) is 2. The second-order valence-electron chi connectivity index (χ2n) is 10.1. The van der Waals surface area contributed by atoms with Gasteiger partial charge in [-0.05, 0) is 30.7 Å². The Morgan fingerprint density at radius 1 is 1.00 bits per heavy atom. The molecule has 2 aliphatic rings. The summed E-state index contributed by atoms with van der Waals surface area (Å²) in [7, 11) is 4.11. The topological polar surface area (TPSA) is 114 Å². The highest BCUT2D eigenvalue weighted by molar-refractivity contribution is 6.34. The van der Waals surface area contributed by atoms with E-state index in [0.717, 1.165) is 11.5 Å². The first-order valence-electron chi connectivity index (χ1n) is 14.1. The molecule has 0 aromatic heterocycles. The van der Waals surface area contributed by atoms with Crippen molar-refractivity contribution in [3.05, 3.63) is 81.9 Å². The van der Waals surface area contributed by atoms with Gasteiger partial charge in [-0.25, -0.2) is 8.78 Å². The third kappa shape index (κ3) is 8.67. The van der Waals surface area contributed by atoms with Gasteiger partial charge in [0.25, 0.3) is 6.47 Å². The Hall–Kier alpha value is -3.69. The molecule has 1 aliphatic carbocycles. The van der Waals surface area contributed by atoms with Crippen molar-refractivity contribution in [3.8, 4) is 22.6 Å². The van der Waals surface area contributed by atoms with E-state index >= 15 is 4.39 Å².